The third-order valence-electron chi connectivity index (χ3n) is 4.77. The summed E-state index contributed by atoms with van der Waals surface area (Å²) in [5.41, 5.74) is 2.67. The molecule has 31 heavy (non-hydrogen) atoms. The molecule has 0 fully saturated rings. The van der Waals surface area contributed by atoms with Crippen LogP contribution in [0, 0.1) is 0 Å². The number of anilines is 1. The van der Waals surface area contributed by atoms with Gasteiger partial charge in [0.05, 0.1) is 19.4 Å². The molecule has 0 bridgehead atoms. The summed E-state index contributed by atoms with van der Waals surface area (Å²) < 4.78 is 10.8. The molecule has 5 nitrogen and oxygen atoms in total. The van der Waals surface area contributed by atoms with Crippen LogP contribution in [0.5, 0.6) is 11.5 Å². The van der Waals surface area contributed by atoms with E-state index in [1.54, 1.807) is 30.2 Å². The third-order valence-corrected chi connectivity index (χ3v) is 5.02. The highest BCUT2D eigenvalue weighted by Crippen LogP contribution is 2.30. The van der Waals surface area contributed by atoms with Crippen molar-refractivity contribution in [2.24, 2.45) is 4.99 Å². The van der Waals surface area contributed by atoms with E-state index in [2.05, 4.69) is 4.99 Å². The van der Waals surface area contributed by atoms with E-state index in [0.717, 1.165) is 16.9 Å². The number of carbonyl (C=O) groups is 1. The molecule has 0 saturated heterocycles. The van der Waals surface area contributed by atoms with E-state index in [0.29, 0.717) is 34.6 Å². The van der Waals surface area contributed by atoms with Gasteiger partial charge in [-0.2, -0.15) is 0 Å². The number of halogens is 1. The van der Waals surface area contributed by atoms with Gasteiger partial charge in [0.1, 0.15) is 23.0 Å². The van der Waals surface area contributed by atoms with Crippen LogP contribution in [0.2, 0.25) is 5.02 Å². The summed E-state index contributed by atoms with van der Waals surface area (Å²) >= 11 is 6.05. The lowest BCUT2D eigenvalue weighted by molar-refractivity contribution is -0.113. The van der Waals surface area contributed by atoms with Gasteiger partial charge in [-0.3, -0.25) is 9.69 Å². The van der Waals surface area contributed by atoms with Gasteiger partial charge in [-0.05, 0) is 79.2 Å². The molecule has 0 unspecified atom stereocenters. The van der Waals surface area contributed by atoms with E-state index in [9.17, 15) is 4.79 Å². The number of amidine groups is 1. The van der Waals surface area contributed by atoms with Crippen molar-refractivity contribution in [2.45, 2.75) is 6.92 Å². The molecule has 0 radical (unpaired) electrons. The molecule has 3 aromatic rings. The van der Waals surface area contributed by atoms with Crippen LogP contribution in [0.15, 0.2) is 83.5 Å². The Morgan fingerprint density at radius 3 is 2.42 bits per heavy atom. The maximum atomic E-state index is 13.4. The number of hydrogen-bond donors (Lipinski definition) is 0. The number of aliphatic imine (C=N–C) groups is 1. The van der Waals surface area contributed by atoms with Crippen LogP contribution in [-0.2, 0) is 4.79 Å². The first-order valence-electron chi connectivity index (χ1n) is 9.86. The molecule has 0 aliphatic carbocycles. The molecule has 0 atom stereocenters. The number of hydrogen-bond acceptors (Lipinski definition) is 4. The van der Waals surface area contributed by atoms with Gasteiger partial charge in [0, 0.05) is 10.6 Å². The van der Waals surface area contributed by atoms with Crippen molar-refractivity contribution in [3.8, 4) is 11.5 Å². The van der Waals surface area contributed by atoms with Crippen LogP contribution in [0.1, 0.15) is 18.1 Å². The van der Waals surface area contributed by atoms with Crippen molar-refractivity contribution in [1.29, 1.82) is 0 Å². The zero-order chi connectivity index (χ0) is 21.8. The second kappa shape index (κ2) is 9.06. The van der Waals surface area contributed by atoms with Gasteiger partial charge in [-0.15, -0.1) is 0 Å². The Hall–Kier alpha value is -3.57. The highest BCUT2D eigenvalue weighted by Gasteiger charge is 2.32. The van der Waals surface area contributed by atoms with Crippen LogP contribution in [0.25, 0.3) is 6.08 Å². The van der Waals surface area contributed by atoms with Crippen LogP contribution < -0.4 is 14.4 Å². The second-order valence-electron chi connectivity index (χ2n) is 6.82. The SMILES string of the molecule is CCOc1ccc(N2C(=O)/C(=C\c3cccc(OC)c3)N=C2c2ccc(Cl)cc2)cc1. The largest absolute Gasteiger partial charge is 0.497 e. The molecule has 4 rings (SSSR count). The van der Waals surface area contributed by atoms with E-state index < -0.39 is 0 Å². The molecule has 1 aliphatic rings. The lowest BCUT2D eigenvalue weighted by Crippen LogP contribution is -2.32. The van der Waals surface area contributed by atoms with E-state index in [1.165, 1.54) is 0 Å². The zero-order valence-electron chi connectivity index (χ0n) is 17.2. The van der Waals surface area contributed by atoms with Gasteiger partial charge in [-0.25, -0.2) is 4.99 Å². The number of carbonyl (C=O) groups excluding carboxylic acids is 1. The van der Waals surface area contributed by atoms with Gasteiger partial charge >= 0.3 is 0 Å². The first-order valence-corrected chi connectivity index (χ1v) is 10.2. The van der Waals surface area contributed by atoms with Gasteiger partial charge in [-0.1, -0.05) is 23.7 Å². The van der Waals surface area contributed by atoms with Gasteiger partial charge < -0.3 is 9.47 Å². The standard InChI is InChI=1S/C25H21ClN2O3/c1-3-31-21-13-11-20(12-14-21)28-24(18-7-9-19(26)10-8-18)27-23(25(28)29)16-17-5-4-6-22(15-17)30-2/h4-16H,3H2,1-2H3/b23-16+. The van der Waals surface area contributed by atoms with Crippen LogP contribution >= 0.6 is 11.6 Å². The van der Waals surface area contributed by atoms with Crippen molar-refractivity contribution in [3.63, 3.8) is 0 Å². The summed E-state index contributed by atoms with van der Waals surface area (Å²) in [6, 6.07) is 22.1. The fourth-order valence-electron chi connectivity index (χ4n) is 3.30. The molecule has 0 saturated carbocycles. The van der Waals surface area contributed by atoms with Gasteiger partial charge in [0.2, 0.25) is 0 Å². The number of amides is 1. The monoisotopic (exact) mass is 432 g/mol. The summed E-state index contributed by atoms with van der Waals surface area (Å²) in [7, 11) is 1.61. The average molecular weight is 433 g/mol. The highest BCUT2D eigenvalue weighted by atomic mass is 35.5. The molecule has 3 aromatic carbocycles. The number of ether oxygens (including phenoxy) is 2. The Balaban J connectivity index is 1.77. The quantitative estimate of drug-likeness (QED) is 0.477. The number of rotatable bonds is 6. The number of nitrogens with zero attached hydrogens (tertiary/aromatic N) is 2. The third kappa shape index (κ3) is 4.47. The van der Waals surface area contributed by atoms with Crippen molar-refractivity contribution >= 4 is 35.1 Å². The lowest BCUT2D eigenvalue weighted by Gasteiger charge is -2.19. The summed E-state index contributed by atoms with van der Waals surface area (Å²) in [4.78, 5) is 19.7. The average Bonchev–Trinajstić information content (AvgIpc) is 3.11. The predicted octanol–water partition coefficient (Wildman–Crippen LogP) is 5.58. The van der Waals surface area contributed by atoms with Gasteiger partial charge in [0.25, 0.3) is 5.91 Å². The molecule has 156 valence electrons. The van der Waals surface area contributed by atoms with Crippen LogP contribution in [0.3, 0.4) is 0 Å². The molecule has 0 spiro atoms. The fourth-order valence-corrected chi connectivity index (χ4v) is 3.42. The van der Waals surface area contributed by atoms with Crippen molar-refractivity contribution in [3.05, 3.63) is 94.6 Å². The van der Waals surface area contributed by atoms with E-state index >= 15 is 0 Å². The fraction of sp³-hybridized carbons (Fsp3) is 0.120. The predicted molar refractivity (Wildman–Crippen MR) is 124 cm³/mol. The molecule has 1 aliphatic heterocycles. The Morgan fingerprint density at radius 2 is 1.74 bits per heavy atom. The summed E-state index contributed by atoms with van der Waals surface area (Å²) in [5.74, 6) is 1.79. The first kappa shape index (κ1) is 20.7. The number of benzene rings is 3. The normalized spacial score (nSPS) is 14.7. The highest BCUT2D eigenvalue weighted by molar-refractivity contribution is 6.34. The summed E-state index contributed by atoms with van der Waals surface area (Å²) in [5, 5.41) is 0.619. The van der Waals surface area contributed by atoms with Gasteiger partial charge in [0.15, 0.2) is 0 Å². The smallest absolute Gasteiger partial charge is 0.282 e. The van der Waals surface area contributed by atoms with Crippen molar-refractivity contribution in [2.75, 3.05) is 18.6 Å². The van der Waals surface area contributed by atoms with Crippen LogP contribution in [-0.4, -0.2) is 25.5 Å². The molecule has 0 aromatic heterocycles. The molecule has 6 heteroatoms. The molecular formula is C25H21ClN2O3. The summed E-state index contributed by atoms with van der Waals surface area (Å²) in [6.45, 7) is 2.51. The minimum Gasteiger partial charge on any atom is -0.497 e. The Bertz CT molecular complexity index is 1150. The minimum absolute atomic E-state index is 0.211. The Morgan fingerprint density at radius 1 is 1.00 bits per heavy atom. The van der Waals surface area contributed by atoms with Crippen molar-refractivity contribution in [1.82, 2.24) is 0 Å². The second-order valence-corrected chi connectivity index (χ2v) is 7.25. The maximum absolute atomic E-state index is 13.4. The number of methoxy groups -OCH3 is 1. The summed E-state index contributed by atoms with van der Waals surface area (Å²) in [6.07, 6.45) is 1.76. The lowest BCUT2D eigenvalue weighted by atomic mass is 10.1. The zero-order valence-corrected chi connectivity index (χ0v) is 18.0. The molecule has 0 N–H and O–H groups in total. The van der Waals surface area contributed by atoms with E-state index in [4.69, 9.17) is 21.1 Å². The van der Waals surface area contributed by atoms with E-state index in [-0.39, 0.29) is 5.91 Å². The first-order chi connectivity index (χ1) is 15.1. The Labute approximate surface area is 186 Å². The maximum Gasteiger partial charge on any atom is 0.282 e. The van der Waals surface area contributed by atoms with Crippen molar-refractivity contribution < 1.29 is 14.3 Å². The van der Waals surface area contributed by atoms with E-state index in [1.807, 2.05) is 67.6 Å². The van der Waals surface area contributed by atoms with Crippen LogP contribution in [0.4, 0.5) is 5.69 Å². The molecular weight excluding hydrogens is 412 g/mol. The Kier molecular flexibility index (Phi) is 6.05. The molecule has 1 amide bonds. The topological polar surface area (TPSA) is 51.1 Å². The minimum atomic E-state index is -0.211. The molecule has 1 heterocycles.